The van der Waals surface area contributed by atoms with Crippen molar-refractivity contribution in [3.8, 4) is 0 Å². The van der Waals surface area contributed by atoms with Crippen LogP contribution in [0.3, 0.4) is 0 Å². The van der Waals surface area contributed by atoms with Gasteiger partial charge in [0.25, 0.3) is 17.1 Å². The Hall–Kier alpha value is -3.44. The molecule has 2 heterocycles. The van der Waals surface area contributed by atoms with Gasteiger partial charge in [0.1, 0.15) is 6.54 Å². The minimum absolute atomic E-state index is 0.00168. The molecule has 1 fully saturated rings. The molecule has 168 valence electrons. The lowest BCUT2D eigenvalue weighted by Crippen LogP contribution is -2.35. The number of ether oxygens (including phenoxy) is 1. The Morgan fingerprint density at radius 3 is 2.48 bits per heavy atom. The molecule has 2 aromatic rings. The third-order valence-corrected chi connectivity index (χ3v) is 6.18. The van der Waals surface area contributed by atoms with E-state index >= 15 is 0 Å². The number of fused-ring (bicyclic) bond motifs is 1. The fourth-order valence-electron chi connectivity index (χ4n) is 3.41. The normalized spacial score (nSPS) is 17.2. The van der Waals surface area contributed by atoms with Crippen LogP contribution in [0.5, 0.6) is 0 Å². The van der Waals surface area contributed by atoms with Crippen molar-refractivity contribution in [3.05, 3.63) is 63.0 Å². The number of imide groups is 1. The lowest BCUT2D eigenvalue weighted by molar-refractivity contribution is -0.118. The molecule has 4 amide bonds. The maximum Gasteiger partial charge on any atom is 0.338 e. The molecule has 2 N–H and O–H groups in total. The van der Waals surface area contributed by atoms with E-state index in [1.807, 2.05) is 0 Å². The highest BCUT2D eigenvalue weighted by Crippen LogP contribution is 2.43. The van der Waals surface area contributed by atoms with E-state index in [0.717, 1.165) is 0 Å². The van der Waals surface area contributed by atoms with E-state index in [4.69, 9.17) is 4.74 Å². The standard InChI is InChI=1S/C22H16BrN3O6S/c1-2-32-21(30)11-3-6-13(7-4-11)24-16(27)10-26-15-8-5-12(23)9-14(15)17(20(26)29)18-19(28)25-22(31)33-18/h3-9H,2,10H2,1H3,(H,24,27)(H,25,28,31)/b18-17+. The van der Waals surface area contributed by atoms with Crippen LogP contribution in [0.1, 0.15) is 22.8 Å². The van der Waals surface area contributed by atoms with Crippen LogP contribution in [0.4, 0.5) is 16.2 Å². The molecular formula is C22H16BrN3O6S. The summed E-state index contributed by atoms with van der Waals surface area (Å²) in [4.78, 5) is 62.7. The molecule has 9 nitrogen and oxygen atoms in total. The monoisotopic (exact) mass is 529 g/mol. The van der Waals surface area contributed by atoms with Crippen molar-refractivity contribution in [2.45, 2.75) is 6.92 Å². The van der Waals surface area contributed by atoms with Crippen molar-refractivity contribution in [3.63, 3.8) is 0 Å². The Morgan fingerprint density at radius 2 is 1.85 bits per heavy atom. The summed E-state index contributed by atoms with van der Waals surface area (Å²) in [5.74, 6) is -2.14. The van der Waals surface area contributed by atoms with Gasteiger partial charge >= 0.3 is 5.97 Å². The zero-order chi connectivity index (χ0) is 23.7. The second-order valence-electron chi connectivity index (χ2n) is 6.95. The molecule has 0 unspecified atom stereocenters. The number of halogens is 1. The second-order valence-corrected chi connectivity index (χ2v) is 8.85. The van der Waals surface area contributed by atoms with Gasteiger partial charge in [-0.05, 0) is 61.2 Å². The first-order chi connectivity index (χ1) is 15.8. The van der Waals surface area contributed by atoms with Crippen LogP contribution in [0.2, 0.25) is 0 Å². The molecule has 0 aliphatic carbocycles. The highest BCUT2D eigenvalue weighted by molar-refractivity contribution is 9.10. The van der Waals surface area contributed by atoms with Gasteiger partial charge < -0.3 is 10.1 Å². The molecule has 4 rings (SSSR count). The number of benzene rings is 2. The number of rotatable bonds is 5. The average Bonchev–Trinajstić information content (AvgIpc) is 3.23. The van der Waals surface area contributed by atoms with Crippen molar-refractivity contribution < 1.29 is 28.7 Å². The lowest BCUT2D eigenvalue weighted by atomic mass is 10.1. The van der Waals surface area contributed by atoms with Gasteiger partial charge in [0.15, 0.2) is 0 Å². The van der Waals surface area contributed by atoms with Crippen molar-refractivity contribution in [1.29, 1.82) is 0 Å². The Labute approximate surface area is 200 Å². The van der Waals surface area contributed by atoms with E-state index in [1.54, 1.807) is 37.3 Å². The molecule has 1 saturated heterocycles. The Balaban J connectivity index is 1.56. The number of carbonyl (C=O) groups excluding carboxylic acids is 5. The summed E-state index contributed by atoms with van der Waals surface area (Å²) in [6.07, 6.45) is 0. The van der Waals surface area contributed by atoms with E-state index in [0.29, 0.717) is 38.7 Å². The molecular weight excluding hydrogens is 514 g/mol. The third-order valence-electron chi connectivity index (χ3n) is 4.80. The summed E-state index contributed by atoms with van der Waals surface area (Å²) in [5, 5.41) is 4.27. The zero-order valence-electron chi connectivity index (χ0n) is 17.1. The molecule has 0 bridgehead atoms. The molecule has 0 aromatic heterocycles. The van der Waals surface area contributed by atoms with Gasteiger partial charge in [-0.25, -0.2) is 4.79 Å². The summed E-state index contributed by atoms with van der Waals surface area (Å²) < 4.78 is 5.60. The molecule has 0 atom stereocenters. The zero-order valence-corrected chi connectivity index (χ0v) is 19.5. The Morgan fingerprint density at radius 1 is 1.12 bits per heavy atom. The smallest absolute Gasteiger partial charge is 0.338 e. The number of anilines is 2. The molecule has 2 aromatic carbocycles. The molecule has 0 spiro atoms. The minimum Gasteiger partial charge on any atom is -0.462 e. The fourth-order valence-corrected chi connectivity index (χ4v) is 4.54. The summed E-state index contributed by atoms with van der Waals surface area (Å²) in [6, 6.07) is 11.2. The average molecular weight is 530 g/mol. The van der Waals surface area contributed by atoms with E-state index < -0.39 is 28.9 Å². The van der Waals surface area contributed by atoms with Gasteiger partial charge in [-0.2, -0.15) is 0 Å². The molecule has 2 aliphatic heterocycles. The number of nitrogens with one attached hydrogen (secondary N) is 2. The summed E-state index contributed by atoms with van der Waals surface area (Å²) in [5.41, 5.74) is 1.76. The fraction of sp³-hybridized carbons (Fsp3) is 0.136. The van der Waals surface area contributed by atoms with E-state index in [1.165, 1.54) is 17.0 Å². The Bertz CT molecular complexity index is 1240. The third kappa shape index (κ3) is 4.55. The SMILES string of the molecule is CCOC(=O)c1ccc(NC(=O)CN2C(=O)/C(=C3/SC(=O)NC3=O)c3cc(Br)ccc32)cc1. The van der Waals surface area contributed by atoms with Crippen LogP contribution in [-0.2, 0) is 19.1 Å². The van der Waals surface area contributed by atoms with Crippen molar-refractivity contribution in [1.82, 2.24) is 5.32 Å². The number of hydrogen-bond acceptors (Lipinski definition) is 7. The van der Waals surface area contributed by atoms with Gasteiger partial charge in [-0.15, -0.1) is 0 Å². The molecule has 33 heavy (non-hydrogen) atoms. The van der Waals surface area contributed by atoms with Crippen molar-refractivity contribution >= 4 is 73.6 Å². The van der Waals surface area contributed by atoms with Crippen molar-refractivity contribution in [2.24, 2.45) is 0 Å². The first kappa shape index (κ1) is 22.7. The van der Waals surface area contributed by atoms with Gasteiger partial charge in [0.2, 0.25) is 5.91 Å². The van der Waals surface area contributed by atoms with E-state index in [9.17, 15) is 24.0 Å². The lowest BCUT2D eigenvalue weighted by Gasteiger charge is -2.17. The van der Waals surface area contributed by atoms with Gasteiger partial charge in [0, 0.05) is 15.7 Å². The van der Waals surface area contributed by atoms with Crippen LogP contribution in [0.15, 0.2) is 51.8 Å². The molecule has 2 aliphatic rings. The maximum atomic E-state index is 13.2. The van der Waals surface area contributed by atoms with Crippen LogP contribution in [0, 0.1) is 0 Å². The number of hydrogen-bond donors (Lipinski definition) is 2. The highest BCUT2D eigenvalue weighted by atomic mass is 79.9. The second kappa shape index (κ2) is 9.20. The summed E-state index contributed by atoms with van der Waals surface area (Å²) in [6.45, 7) is 1.65. The van der Waals surface area contributed by atoms with Gasteiger partial charge in [0.05, 0.1) is 28.3 Å². The summed E-state index contributed by atoms with van der Waals surface area (Å²) >= 11 is 4.00. The molecule has 0 radical (unpaired) electrons. The summed E-state index contributed by atoms with van der Waals surface area (Å²) in [7, 11) is 0. The van der Waals surface area contributed by atoms with Crippen LogP contribution in [-0.4, -0.2) is 42.1 Å². The first-order valence-corrected chi connectivity index (χ1v) is 11.4. The van der Waals surface area contributed by atoms with Gasteiger partial charge in [-0.1, -0.05) is 15.9 Å². The number of amides is 4. The predicted octanol–water partition coefficient (Wildman–Crippen LogP) is 3.31. The highest BCUT2D eigenvalue weighted by Gasteiger charge is 2.40. The predicted molar refractivity (Wildman–Crippen MR) is 126 cm³/mol. The number of nitrogens with zero attached hydrogens (tertiary/aromatic N) is 1. The maximum absolute atomic E-state index is 13.2. The number of carbonyl (C=O) groups is 5. The minimum atomic E-state index is -0.646. The van der Waals surface area contributed by atoms with Crippen LogP contribution >= 0.6 is 27.7 Å². The first-order valence-electron chi connectivity index (χ1n) is 9.74. The topological polar surface area (TPSA) is 122 Å². The number of esters is 1. The molecule has 0 saturated carbocycles. The number of thioether (sulfide) groups is 1. The van der Waals surface area contributed by atoms with Crippen LogP contribution in [0.25, 0.3) is 5.57 Å². The van der Waals surface area contributed by atoms with Gasteiger partial charge in [-0.3, -0.25) is 29.4 Å². The van der Waals surface area contributed by atoms with Crippen molar-refractivity contribution in [2.75, 3.05) is 23.4 Å². The van der Waals surface area contributed by atoms with Crippen LogP contribution < -0.4 is 15.5 Å². The Kier molecular flexibility index (Phi) is 6.34. The van der Waals surface area contributed by atoms with E-state index in [-0.39, 0.29) is 23.6 Å². The largest absolute Gasteiger partial charge is 0.462 e. The molecule has 11 heteroatoms. The quantitative estimate of drug-likeness (QED) is 0.450. The van der Waals surface area contributed by atoms with E-state index in [2.05, 4.69) is 26.6 Å².